The van der Waals surface area contributed by atoms with Crippen LogP contribution in [0.3, 0.4) is 0 Å². The summed E-state index contributed by atoms with van der Waals surface area (Å²) in [5.41, 5.74) is 2.17. The fraction of sp³-hybridized carbons (Fsp3) is 0.440. The van der Waals surface area contributed by atoms with Gasteiger partial charge in [-0.15, -0.1) is 0 Å². The lowest BCUT2D eigenvalue weighted by Gasteiger charge is -2.11. The summed E-state index contributed by atoms with van der Waals surface area (Å²) >= 11 is 0. The van der Waals surface area contributed by atoms with E-state index in [1.54, 1.807) is 12.1 Å². The molecule has 2 amide bonds. The summed E-state index contributed by atoms with van der Waals surface area (Å²) in [6.45, 7) is 7.29. The van der Waals surface area contributed by atoms with E-state index in [9.17, 15) is 9.59 Å². The van der Waals surface area contributed by atoms with Gasteiger partial charge in [-0.05, 0) is 61.2 Å². The summed E-state index contributed by atoms with van der Waals surface area (Å²) in [5, 5.41) is 8.84. The predicted octanol–water partition coefficient (Wildman–Crippen LogP) is 5.68. The number of amides is 2. The molecule has 0 fully saturated rings. The van der Waals surface area contributed by atoms with E-state index < -0.39 is 0 Å². The minimum Gasteiger partial charge on any atom is -0.494 e. The first-order chi connectivity index (χ1) is 15.0. The van der Waals surface area contributed by atoms with Crippen LogP contribution in [0.15, 0.2) is 48.5 Å². The standard InChI is InChI=1S/C25H35N3O3/c1-4-5-6-10-24(29)27-21-8-7-9-22(17-21)28-25(30)18-26-20-11-13-23(14-12-20)31-16-15-19(2)3/h7-9,11-14,17,19,26H,4-6,10,15-16,18H2,1-3H3,(H,27,29)(H,28,30). The average molecular weight is 426 g/mol. The molecule has 0 saturated carbocycles. The van der Waals surface area contributed by atoms with Gasteiger partial charge < -0.3 is 20.7 Å². The van der Waals surface area contributed by atoms with Crippen molar-refractivity contribution in [1.82, 2.24) is 0 Å². The summed E-state index contributed by atoms with van der Waals surface area (Å²) in [6.07, 6.45) is 4.54. The molecule has 0 atom stereocenters. The molecule has 3 N–H and O–H groups in total. The smallest absolute Gasteiger partial charge is 0.243 e. The molecule has 6 heteroatoms. The van der Waals surface area contributed by atoms with E-state index in [0.717, 1.165) is 37.1 Å². The van der Waals surface area contributed by atoms with E-state index in [4.69, 9.17) is 4.74 Å². The third-order valence-corrected chi connectivity index (χ3v) is 4.71. The van der Waals surface area contributed by atoms with E-state index in [2.05, 4.69) is 36.7 Å². The monoisotopic (exact) mass is 425 g/mol. The maximum Gasteiger partial charge on any atom is 0.243 e. The van der Waals surface area contributed by atoms with Gasteiger partial charge in [0.15, 0.2) is 0 Å². The Hall–Kier alpha value is -3.02. The topological polar surface area (TPSA) is 79.5 Å². The molecule has 2 aromatic carbocycles. The molecule has 0 radical (unpaired) electrons. The second-order valence-electron chi connectivity index (χ2n) is 8.04. The average Bonchev–Trinajstić information content (AvgIpc) is 2.73. The zero-order chi connectivity index (χ0) is 22.5. The Bertz CT molecular complexity index is 819. The van der Waals surface area contributed by atoms with Gasteiger partial charge in [-0.2, -0.15) is 0 Å². The highest BCUT2D eigenvalue weighted by Crippen LogP contribution is 2.18. The van der Waals surface area contributed by atoms with Crippen molar-refractivity contribution < 1.29 is 14.3 Å². The van der Waals surface area contributed by atoms with Crippen molar-refractivity contribution in [2.24, 2.45) is 5.92 Å². The molecule has 0 spiro atoms. The Labute approximate surface area is 185 Å². The zero-order valence-corrected chi connectivity index (χ0v) is 18.9. The van der Waals surface area contributed by atoms with Gasteiger partial charge in [0.2, 0.25) is 11.8 Å². The normalized spacial score (nSPS) is 10.6. The first kappa shape index (κ1) is 24.3. The van der Waals surface area contributed by atoms with Crippen LogP contribution in [-0.2, 0) is 9.59 Å². The molecule has 0 aliphatic rings. The van der Waals surface area contributed by atoms with Crippen LogP contribution in [-0.4, -0.2) is 25.0 Å². The minimum absolute atomic E-state index is 0.00442. The fourth-order valence-corrected chi connectivity index (χ4v) is 2.90. The molecule has 0 aliphatic heterocycles. The maximum absolute atomic E-state index is 12.3. The van der Waals surface area contributed by atoms with Gasteiger partial charge in [0.1, 0.15) is 5.75 Å². The summed E-state index contributed by atoms with van der Waals surface area (Å²) < 4.78 is 5.71. The van der Waals surface area contributed by atoms with E-state index in [1.807, 2.05) is 36.4 Å². The van der Waals surface area contributed by atoms with Gasteiger partial charge in [-0.1, -0.05) is 39.7 Å². The number of nitrogens with one attached hydrogen (secondary N) is 3. The number of carbonyl (C=O) groups is 2. The molecule has 31 heavy (non-hydrogen) atoms. The lowest BCUT2D eigenvalue weighted by molar-refractivity contribution is -0.116. The molecular formula is C25H35N3O3. The number of hydrogen-bond acceptors (Lipinski definition) is 4. The Morgan fingerprint density at radius 1 is 0.903 bits per heavy atom. The molecule has 168 valence electrons. The predicted molar refractivity (Wildman–Crippen MR) is 128 cm³/mol. The fourth-order valence-electron chi connectivity index (χ4n) is 2.90. The van der Waals surface area contributed by atoms with E-state index in [0.29, 0.717) is 30.3 Å². The second kappa shape index (κ2) is 13.3. The minimum atomic E-state index is -0.163. The van der Waals surface area contributed by atoms with Crippen LogP contribution in [0.4, 0.5) is 17.1 Å². The van der Waals surface area contributed by atoms with Gasteiger partial charge in [0, 0.05) is 23.5 Å². The largest absolute Gasteiger partial charge is 0.494 e. The van der Waals surface area contributed by atoms with Gasteiger partial charge in [-0.25, -0.2) is 0 Å². The van der Waals surface area contributed by atoms with Crippen molar-refractivity contribution in [3.05, 3.63) is 48.5 Å². The van der Waals surface area contributed by atoms with Gasteiger partial charge in [0.05, 0.1) is 13.2 Å². The van der Waals surface area contributed by atoms with Crippen molar-refractivity contribution in [2.45, 2.75) is 52.9 Å². The van der Waals surface area contributed by atoms with Crippen LogP contribution in [0.25, 0.3) is 0 Å². The summed E-state index contributed by atoms with van der Waals surface area (Å²) in [5.74, 6) is 1.27. The van der Waals surface area contributed by atoms with Crippen molar-refractivity contribution in [1.29, 1.82) is 0 Å². The van der Waals surface area contributed by atoms with Crippen molar-refractivity contribution in [2.75, 3.05) is 29.1 Å². The Morgan fingerprint density at radius 3 is 2.23 bits per heavy atom. The van der Waals surface area contributed by atoms with Crippen molar-refractivity contribution in [3.8, 4) is 5.75 Å². The Balaban J connectivity index is 1.76. The first-order valence-corrected chi connectivity index (χ1v) is 11.1. The van der Waals surface area contributed by atoms with Gasteiger partial charge in [0.25, 0.3) is 0 Å². The van der Waals surface area contributed by atoms with Crippen molar-refractivity contribution >= 4 is 28.9 Å². The SMILES string of the molecule is CCCCCC(=O)Nc1cccc(NC(=O)CNc2ccc(OCCC(C)C)cc2)c1. The molecule has 0 aliphatic carbocycles. The number of carbonyl (C=O) groups excluding carboxylic acids is 2. The van der Waals surface area contributed by atoms with Crippen LogP contribution < -0.4 is 20.7 Å². The highest BCUT2D eigenvalue weighted by atomic mass is 16.5. The number of ether oxygens (including phenoxy) is 1. The van der Waals surface area contributed by atoms with Crippen LogP contribution in [0, 0.1) is 5.92 Å². The molecule has 0 bridgehead atoms. The molecule has 6 nitrogen and oxygen atoms in total. The third-order valence-electron chi connectivity index (χ3n) is 4.71. The lowest BCUT2D eigenvalue weighted by Crippen LogP contribution is -2.21. The third kappa shape index (κ3) is 10.0. The van der Waals surface area contributed by atoms with Crippen molar-refractivity contribution in [3.63, 3.8) is 0 Å². The van der Waals surface area contributed by atoms with Crippen LogP contribution >= 0.6 is 0 Å². The molecule has 2 aromatic rings. The molecular weight excluding hydrogens is 390 g/mol. The Morgan fingerprint density at radius 2 is 1.58 bits per heavy atom. The summed E-state index contributed by atoms with van der Waals surface area (Å²) in [4.78, 5) is 24.3. The van der Waals surface area contributed by atoms with Crippen LogP contribution in [0.5, 0.6) is 5.75 Å². The maximum atomic E-state index is 12.3. The highest BCUT2D eigenvalue weighted by molar-refractivity contribution is 5.95. The van der Waals surface area contributed by atoms with Gasteiger partial charge in [-0.3, -0.25) is 9.59 Å². The number of anilines is 3. The second-order valence-corrected chi connectivity index (χ2v) is 8.04. The number of benzene rings is 2. The number of unbranched alkanes of at least 4 members (excludes halogenated alkanes) is 2. The molecule has 0 aromatic heterocycles. The van der Waals surface area contributed by atoms with Crippen LogP contribution in [0.2, 0.25) is 0 Å². The highest BCUT2D eigenvalue weighted by Gasteiger charge is 2.06. The molecule has 2 rings (SSSR count). The van der Waals surface area contributed by atoms with E-state index in [1.165, 1.54) is 0 Å². The van der Waals surface area contributed by atoms with E-state index in [-0.39, 0.29) is 18.4 Å². The molecule has 0 saturated heterocycles. The van der Waals surface area contributed by atoms with E-state index >= 15 is 0 Å². The molecule has 0 unspecified atom stereocenters. The first-order valence-electron chi connectivity index (χ1n) is 11.1. The van der Waals surface area contributed by atoms with Gasteiger partial charge >= 0.3 is 0 Å². The number of hydrogen-bond donors (Lipinski definition) is 3. The number of rotatable bonds is 13. The quantitative estimate of drug-likeness (QED) is 0.361. The molecule has 0 heterocycles. The Kier molecular flexibility index (Phi) is 10.4. The summed E-state index contributed by atoms with van der Waals surface area (Å²) in [7, 11) is 0. The van der Waals surface area contributed by atoms with Crippen LogP contribution in [0.1, 0.15) is 52.9 Å². The zero-order valence-electron chi connectivity index (χ0n) is 18.9. The summed E-state index contributed by atoms with van der Waals surface area (Å²) in [6, 6.07) is 14.8. The lowest BCUT2D eigenvalue weighted by atomic mass is 10.1.